The van der Waals surface area contributed by atoms with Crippen LogP contribution in [0, 0.1) is 6.92 Å². The number of nitrogens with zero attached hydrogens (tertiary/aromatic N) is 2. The number of pyridine rings is 1. The van der Waals surface area contributed by atoms with E-state index in [1.807, 2.05) is 82.3 Å². The lowest BCUT2D eigenvalue weighted by molar-refractivity contribution is -0.154. The van der Waals surface area contributed by atoms with Crippen molar-refractivity contribution in [2.24, 2.45) is 0 Å². The van der Waals surface area contributed by atoms with Crippen LogP contribution in [0.2, 0.25) is 0 Å². The van der Waals surface area contributed by atoms with E-state index < -0.39 is 16.9 Å². The number of hydrogen-bond acceptors (Lipinski definition) is 6. The number of aryl methyl sites for hydroxylation is 1. The minimum absolute atomic E-state index is 0.300. The largest absolute Gasteiger partial charge is 0.459 e. The van der Waals surface area contributed by atoms with Crippen LogP contribution in [0.4, 0.5) is 16.2 Å². The summed E-state index contributed by atoms with van der Waals surface area (Å²) < 4.78 is 11.6. The van der Waals surface area contributed by atoms with Crippen molar-refractivity contribution in [2.45, 2.75) is 49.6 Å². The molecule has 7 nitrogen and oxygen atoms in total. The Kier molecular flexibility index (Phi) is 5.48. The second-order valence-corrected chi connectivity index (χ2v) is 10.4. The molecule has 3 heterocycles. The number of esters is 1. The SMILES string of the molecule is Cc1cc(Oc2ccccc2)ccc1N1C(=O)NC2c3c1ccnc3SC2C(=O)OC(C)(C)C. The van der Waals surface area contributed by atoms with Gasteiger partial charge in [-0.3, -0.25) is 9.69 Å². The van der Waals surface area contributed by atoms with Crippen molar-refractivity contribution >= 4 is 35.1 Å². The van der Waals surface area contributed by atoms with Gasteiger partial charge in [0.2, 0.25) is 0 Å². The Labute approximate surface area is 202 Å². The van der Waals surface area contributed by atoms with E-state index in [2.05, 4.69) is 10.3 Å². The molecule has 0 fully saturated rings. The molecule has 2 aliphatic rings. The lowest BCUT2D eigenvalue weighted by Crippen LogP contribution is -2.48. The molecule has 2 atom stereocenters. The molecule has 1 aromatic heterocycles. The summed E-state index contributed by atoms with van der Waals surface area (Å²) in [5.41, 5.74) is 2.55. The summed E-state index contributed by atoms with van der Waals surface area (Å²) >= 11 is 1.33. The molecule has 34 heavy (non-hydrogen) atoms. The summed E-state index contributed by atoms with van der Waals surface area (Å²) in [6, 6.07) is 16.2. The molecule has 2 aliphatic heterocycles. The fourth-order valence-electron chi connectivity index (χ4n) is 4.17. The van der Waals surface area contributed by atoms with Gasteiger partial charge in [0.05, 0.1) is 17.4 Å². The molecular formula is C26H25N3O4S. The fraction of sp³-hybridized carbons (Fsp3) is 0.269. The summed E-state index contributed by atoms with van der Waals surface area (Å²) in [7, 11) is 0. The number of hydrogen-bond donors (Lipinski definition) is 1. The number of para-hydroxylation sites is 1. The number of ether oxygens (including phenoxy) is 2. The van der Waals surface area contributed by atoms with Crippen LogP contribution in [0.25, 0.3) is 0 Å². The number of carbonyl (C=O) groups excluding carboxylic acids is 2. The lowest BCUT2D eigenvalue weighted by atomic mass is 9.99. The van der Waals surface area contributed by atoms with E-state index in [1.165, 1.54) is 11.8 Å². The summed E-state index contributed by atoms with van der Waals surface area (Å²) in [6.07, 6.45) is 1.67. The van der Waals surface area contributed by atoms with E-state index in [0.29, 0.717) is 5.75 Å². The third-order valence-electron chi connectivity index (χ3n) is 5.53. The van der Waals surface area contributed by atoms with Crippen molar-refractivity contribution in [2.75, 3.05) is 4.90 Å². The molecule has 0 saturated heterocycles. The van der Waals surface area contributed by atoms with Gasteiger partial charge >= 0.3 is 12.0 Å². The Morgan fingerprint density at radius 1 is 1.06 bits per heavy atom. The maximum atomic E-state index is 13.3. The third kappa shape index (κ3) is 4.09. The molecule has 2 amide bonds. The third-order valence-corrected chi connectivity index (χ3v) is 6.80. The second kappa shape index (κ2) is 8.36. The van der Waals surface area contributed by atoms with Crippen molar-refractivity contribution in [3.63, 3.8) is 0 Å². The van der Waals surface area contributed by atoms with Gasteiger partial charge in [-0.1, -0.05) is 30.0 Å². The highest BCUT2D eigenvalue weighted by atomic mass is 32.2. The first-order valence-corrected chi connectivity index (χ1v) is 11.9. The van der Waals surface area contributed by atoms with Crippen molar-refractivity contribution in [1.82, 2.24) is 10.3 Å². The average molecular weight is 476 g/mol. The van der Waals surface area contributed by atoms with Crippen LogP contribution in [0.3, 0.4) is 0 Å². The topological polar surface area (TPSA) is 80.8 Å². The van der Waals surface area contributed by atoms with Gasteiger partial charge in [-0.15, -0.1) is 0 Å². The number of thioether (sulfide) groups is 1. The molecular weight excluding hydrogens is 450 g/mol. The number of carbonyl (C=O) groups is 2. The highest BCUT2D eigenvalue weighted by Crippen LogP contribution is 2.51. The van der Waals surface area contributed by atoms with Crippen molar-refractivity contribution in [3.05, 3.63) is 71.9 Å². The number of amides is 2. The molecule has 0 saturated carbocycles. The van der Waals surface area contributed by atoms with Gasteiger partial charge in [0.25, 0.3) is 0 Å². The minimum atomic E-state index is -0.617. The molecule has 0 aliphatic carbocycles. The maximum absolute atomic E-state index is 13.3. The molecule has 5 rings (SSSR count). The number of urea groups is 1. The Balaban J connectivity index is 1.47. The molecule has 0 bridgehead atoms. The summed E-state index contributed by atoms with van der Waals surface area (Å²) in [6.45, 7) is 7.43. The monoisotopic (exact) mass is 475 g/mol. The number of benzene rings is 2. The van der Waals surface area contributed by atoms with E-state index in [4.69, 9.17) is 9.47 Å². The van der Waals surface area contributed by atoms with Crippen molar-refractivity contribution < 1.29 is 19.1 Å². The Hall–Kier alpha value is -3.52. The smallest absolute Gasteiger partial charge is 0.327 e. The van der Waals surface area contributed by atoms with Gasteiger partial charge in [0.15, 0.2) is 0 Å². The van der Waals surface area contributed by atoms with Gasteiger partial charge in [0.1, 0.15) is 27.4 Å². The van der Waals surface area contributed by atoms with Gasteiger partial charge < -0.3 is 14.8 Å². The quantitative estimate of drug-likeness (QED) is 0.473. The normalized spacial score (nSPS) is 18.8. The van der Waals surface area contributed by atoms with E-state index in [9.17, 15) is 9.59 Å². The van der Waals surface area contributed by atoms with Crippen LogP contribution in [-0.2, 0) is 9.53 Å². The molecule has 174 valence electrons. The van der Waals surface area contributed by atoms with Crippen LogP contribution >= 0.6 is 11.8 Å². The van der Waals surface area contributed by atoms with Gasteiger partial charge in [0, 0.05) is 11.8 Å². The first-order valence-electron chi connectivity index (χ1n) is 11.0. The number of aromatic nitrogens is 1. The summed E-state index contributed by atoms with van der Waals surface area (Å²) in [4.78, 5) is 32.3. The van der Waals surface area contributed by atoms with Gasteiger partial charge in [-0.2, -0.15) is 0 Å². The Morgan fingerprint density at radius 3 is 2.53 bits per heavy atom. The van der Waals surface area contributed by atoms with Crippen LogP contribution in [0.1, 0.15) is 37.9 Å². The Bertz CT molecular complexity index is 1270. The summed E-state index contributed by atoms with van der Waals surface area (Å²) in [5, 5.41) is 3.16. The summed E-state index contributed by atoms with van der Waals surface area (Å²) in [5.74, 6) is 1.06. The zero-order valence-corrected chi connectivity index (χ0v) is 20.2. The Morgan fingerprint density at radius 2 is 1.82 bits per heavy atom. The van der Waals surface area contributed by atoms with E-state index in [1.54, 1.807) is 11.1 Å². The molecule has 2 unspecified atom stereocenters. The zero-order chi connectivity index (χ0) is 24.0. The fourth-order valence-corrected chi connectivity index (χ4v) is 5.38. The average Bonchev–Trinajstić information content (AvgIpc) is 3.14. The van der Waals surface area contributed by atoms with Gasteiger partial charge in [-0.25, -0.2) is 9.78 Å². The number of nitrogens with one attached hydrogen (secondary N) is 1. The van der Waals surface area contributed by atoms with Crippen molar-refractivity contribution in [3.8, 4) is 11.5 Å². The number of anilines is 2. The van der Waals surface area contributed by atoms with Crippen molar-refractivity contribution in [1.29, 1.82) is 0 Å². The van der Waals surface area contributed by atoms with Gasteiger partial charge in [-0.05, 0) is 69.7 Å². The van der Waals surface area contributed by atoms with E-state index in [-0.39, 0.29) is 12.0 Å². The highest BCUT2D eigenvalue weighted by molar-refractivity contribution is 8.01. The van der Waals surface area contributed by atoms with Crippen LogP contribution in [-0.4, -0.2) is 27.8 Å². The molecule has 1 N–H and O–H groups in total. The number of rotatable bonds is 4. The first-order chi connectivity index (χ1) is 16.2. The molecule has 2 aromatic carbocycles. The molecule has 0 spiro atoms. The second-order valence-electron chi connectivity index (χ2n) is 9.25. The van der Waals surface area contributed by atoms with Crippen LogP contribution < -0.4 is 15.0 Å². The predicted molar refractivity (Wildman–Crippen MR) is 131 cm³/mol. The zero-order valence-electron chi connectivity index (χ0n) is 19.4. The predicted octanol–water partition coefficient (Wildman–Crippen LogP) is 5.90. The lowest BCUT2D eigenvalue weighted by Gasteiger charge is -2.35. The molecule has 0 radical (unpaired) electrons. The maximum Gasteiger partial charge on any atom is 0.327 e. The van der Waals surface area contributed by atoms with E-state index >= 15 is 0 Å². The van der Waals surface area contributed by atoms with E-state index in [0.717, 1.165) is 33.3 Å². The molecule has 3 aromatic rings. The van der Waals surface area contributed by atoms with Crippen LogP contribution in [0.5, 0.6) is 11.5 Å². The molecule has 8 heteroatoms. The highest BCUT2D eigenvalue weighted by Gasteiger charge is 2.48. The van der Waals surface area contributed by atoms with Crippen LogP contribution in [0.15, 0.2) is 65.8 Å². The first kappa shape index (κ1) is 22.3. The standard InChI is InChI=1S/C26H25N3O4S/c1-15-14-17(32-16-8-6-5-7-9-16)10-11-18(15)29-19-12-13-27-23-20(19)21(28-25(29)31)22(34-23)24(30)33-26(2,3)4/h5-14,21-22H,1-4H3,(H,28,31). The minimum Gasteiger partial charge on any atom is -0.459 e.